The minimum absolute atomic E-state index is 0.145. The largest absolute Gasteiger partial charge is 0.349 e. The molecule has 5 rings (SSSR count). The number of sulfonamides is 1. The van der Waals surface area contributed by atoms with E-state index < -0.39 is 10.0 Å². The maximum Gasteiger partial charge on any atom is 0.331 e. The second-order valence-electron chi connectivity index (χ2n) is 9.37. The zero-order valence-electron chi connectivity index (χ0n) is 21.0. The maximum absolute atomic E-state index is 13.1. The molecule has 3 heterocycles. The molecule has 2 aromatic carbocycles. The number of hydrogen-bond acceptors (Lipinski definition) is 5. The molecule has 0 aliphatic carbocycles. The second-order valence-corrected chi connectivity index (χ2v) is 11.1. The standard InChI is InChI=1S/C27H31N5O4S/c1-3-31-24-16-23(28-25(24)26(33)32(4-2)27(31)34)20-10-12-22(13-11-20)37(35,36)29-21-14-15-30(18-21)17-19-8-6-5-7-9-19/h5-13,16,21,28-29H,3-4,14-15,17-18H2,1-2H3. The highest BCUT2D eigenvalue weighted by Crippen LogP contribution is 2.24. The number of hydrogen-bond donors (Lipinski definition) is 2. The Hall–Kier alpha value is -3.47. The van der Waals surface area contributed by atoms with Crippen LogP contribution < -0.4 is 16.0 Å². The molecule has 4 aromatic rings. The van der Waals surface area contributed by atoms with Gasteiger partial charge in [-0.15, -0.1) is 0 Å². The predicted octanol–water partition coefficient (Wildman–Crippen LogP) is 2.75. The number of H-pyrrole nitrogens is 1. The average Bonchev–Trinajstić information content (AvgIpc) is 3.52. The van der Waals surface area contributed by atoms with E-state index in [9.17, 15) is 18.0 Å². The molecule has 0 spiro atoms. The van der Waals surface area contributed by atoms with Crippen LogP contribution in [0.3, 0.4) is 0 Å². The Morgan fingerprint density at radius 1 is 0.973 bits per heavy atom. The third kappa shape index (κ3) is 4.92. The third-order valence-electron chi connectivity index (χ3n) is 6.96. The number of rotatable bonds is 8. The summed E-state index contributed by atoms with van der Waals surface area (Å²) in [4.78, 5) is 31.0. The summed E-state index contributed by atoms with van der Waals surface area (Å²) in [5.74, 6) is 0. The Bertz CT molecular complexity index is 1640. The summed E-state index contributed by atoms with van der Waals surface area (Å²) >= 11 is 0. The lowest BCUT2D eigenvalue weighted by molar-refractivity contribution is 0.324. The van der Waals surface area contributed by atoms with E-state index in [1.54, 1.807) is 41.8 Å². The summed E-state index contributed by atoms with van der Waals surface area (Å²) in [6.07, 6.45) is 0.758. The van der Waals surface area contributed by atoms with Gasteiger partial charge < -0.3 is 4.98 Å². The lowest BCUT2D eigenvalue weighted by atomic mass is 10.1. The SMILES string of the molecule is CCn1c(=O)c2[nH]c(-c3ccc(S(=O)(=O)NC4CCN(Cc5ccccc5)C4)cc3)cc2n(CC)c1=O. The molecule has 1 aliphatic heterocycles. The molecule has 0 amide bonds. The minimum atomic E-state index is -3.68. The summed E-state index contributed by atoms with van der Waals surface area (Å²) in [5.41, 5.74) is 2.78. The van der Waals surface area contributed by atoms with Gasteiger partial charge >= 0.3 is 5.69 Å². The molecule has 1 atom stereocenters. The van der Waals surface area contributed by atoms with Gasteiger partial charge in [0.2, 0.25) is 10.0 Å². The van der Waals surface area contributed by atoms with Crippen molar-refractivity contribution in [3.05, 3.63) is 87.1 Å². The fraction of sp³-hybridized carbons (Fsp3) is 0.333. The van der Waals surface area contributed by atoms with Crippen molar-refractivity contribution in [2.45, 2.75) is 50.8 Å². The fourth-order valence-electron chi connectivity index (χ4n) is 5.05. The van der Waals surface area contributed by atoms with Crippen LogP contribution in [0.15, 0.2) is 75.1 Å². The molecule has 0 saturated carbocycles. The van der Waals surface area contributed by atoms with Gasteiger partial charge in [-0.3, -0.25) is 18.8 Å². The Balaban J connectivity index is 1.33. The monoisotopic (exact) mass is 521 g/mol. The van der Waals surface area contributed by atoms with Crippen LogP contribution in [-0.4, -0.2) is 46.6 Å². The van der Waals surface area contributed by atoms with Crippen molar-refractivity contribution in [2.24, 2.45) is 0 Å². The first-order valence-corrected chi connectivity index (χ1v) is 14.0. The van der Waals surface area contributed by atoms with Crippen molar-refractivity contribution in [2.75, 3.05) is 13.1 Å². The summed E-state index contributed by atoms with van der Waals surface area (Å²) in [5, 5.41) is 0. The molecule has 194 valence electrons. The number of likely N-dealkylation sites (tertiary alicyclic amines) is 1. The minimum Gasteiger partial charge on any atom is -0.349 e. The fourth-order valence-corrected chi connectivity index (χ4v) is 6.31. The highest BCUT2D eigenvalue weighted by molar-refractivity contribution is 7.89. The first-order valence-electron chi connectivity index (χ1n) is 12.6. The lowest BCUT2D eigenvalue weighted by Gasteiger charge is -2.17. The van der Waals surface area contributed by atoms with Gasteiger partial charge in [-0.05, 0) is 49.6 Å². The van der Waals surface area contributed by atoms with Crippen LogP contribution in [0.4, 0.5) is 0 Å². The normalized spacial score (nSPS) is 16.5. The Morgan fingerprint density at radius 2 is 1.68 bits per heavy atom. The van der Waals surface area contributed by atoms with E-state index in [0.29, 0.717) is 29.8 Å². The van der Waals surface area contributed by atoms with E-state index in [1.807, 2.05) is 25.1 Å². The van der Waals surface area contributed by atoms with E-state index in [1.165, 1.54) is 10.1 Å². The quantitative estimate of drug-likeness (QED) is 0.371. The smallest absolute Gasteiger partial charge is 0.331 e. The number of aromatic amines is 1. The van der Waals surface area contributed by atoms with Crippen molar-refractivity contribution in [3.8, 4) is 11.3 Å². The van der Waals surface area contributed by atoms with Crippen molar-refractivity contribution >= 4 is 21.1 Å². The number of nitrogens with zero attached hydrogens (tertiary/aromatic N) is 3. The van der Waals surface area contributed by atoms with Gasteiger partial charge in [0.25, 0.3) is 5.56 Å². The van der Waals surface area contributed by atoms with Crippen LogP contribution in [0.5, 0.6) is 0 Å². The molecular weight excluding hydrogens is 490 g/mol. The van der Waals surface area contributed by atoms with Gasteiger partial charge in [0.1, 0.15) is 5.52 Å². The van der Waals surface area contributed by atoms with Crippen LogP contribution >= 0.6 is 0 Å². The lowest BCUT2D eigenvalue weighted by Crippen LogP contribution is -2.39. The first kappa shape index (κ1) is 25.2. The van der Waals surface area contributed by atoms with Gasteiger partial charge in [0.05, 0.1) is 10.4 Å². The average molecular weight is 522 g/mol. The van der Waals surface area contributed by atoms with E-state index in [0.717, 1.165) is 25.1 Å². The van der Waals surface area contributed by atoms with Crippen molar-refractivity contribution in [1.29, 1.82) is 0 Å². The molecule has 2 N–H and O–H groups in total. The molecule has 9 nitrogen and oxygen atoms in total. The number of aryl methyl sites for hydroxylation is 1. The maximum atomic E-state index is 13.1. The molecule has 0 radical (unpaired) electrons. The molecule has 1 aliphatic rings. The molecule has 0 bridgehead atoms. The summed E-state index contributed by atoms with van der Waals surface area (Å²) in [7, 11) is -3.68. The molecule has 1 fully saturated rings. The molecule has 1 unspecified atom stereocenters. The van der Waals surface area contributed by atoms with Crippen LogP contribution in [-0.2, 0) is 29.7 Å². The number of aromatic nitrogens is 3. The van der Waals surface area contributed by atoms with Crippen molar-refractivity contribution in [1.82, 2.24) is 23.7 Å². The Labute approximate surface area is 215 Å². The molecular formula is C27H31N5O4S. The summed E-state index contributed by atoms with van der Waals surface area (Å²) in [6, 6.07) is 18.3. The van der Waals surface area contributed by atoms with Crippen molar-refractivity contribution in [3.63, 3.8) is 0 Å². The first-order chi connectivity index (χ1) is 17.8. The van der Waals surface area contributed by atoms with E-state index in [2.05, 4.69) is 26.7 Å². The Kier molecular flexibility index (Phi) is 6.89. The highest BCUT2D eigenvalue weighted by atomic mass is 32.2. The van der Waals surface area contributed by atoms with E-state index >= 15 is 0 Å². The molecule has 10 heteroatoms. The number of fused-ring (bicyclic) bond motifs is 1. The van der Waals surface area contributed by atoms with Gasteiger partial charge in [-0.2, -0.15) is 0 Å². The van der Waals surface area contributed by atoms with E-state index in [-0.39, 0.29) is 28.7 Å². The van der Waals surface area contributed by atoms with Gasteiger partial charge in [0, 0.05) is 44.5 Å². The molecule has 2 aromatic heterocycles. The zero-order valence-corrected chi connectivity index (χ0v) is 21.8. The van der Waals surface area contributed by atoms with Gasteiger partial charge in [-0.25, -0.2) is 17.9 Å². The highest BCUT2D eigenvalue weighted by Gasteiger charge is 2.27. The summed E-state index contributed by atoms with van der Waals surface area (Å²) < 4.78 is 31.7. The van der Waals surface area contributed by atoms with Gasteiger partial charge in [0.15, 0.2) is 0 Å². The topological polar surface area (TPSA) is 109 Å². The molecule has 37 heavy (non-hydrogen) atoms. The van der Waals surface area contributed by atoms with Crippen LogP contribution in [0.2, 0.25) is 0 Å². The van der Waals surface area contributed by atoms with Crippen LogP contribution in [0.25, 0.3) is 22.3 Å². The Morgan fingerprint density at radius 3 is 2.35 bits per heavy atom. The van der Waals surface area contributed by atoms with Crippen molar-refractivity contribution < 1.29 is 8.42 Å². The third-order valence-corrected chi connectivity index (χ3v) is 8.50. The number of nitrogens with one attached hydrogen (secondary N) is 2. The summed E-state index contributed by atoms with van der Waals surface area (Å²) in [6.45, 7) is 6.63. The van der Waals surface area contributed by atoms with Crippen LogP contribution in [0, 0.1) is 0 Å². The second kappa shape index (κ2) is 10.1. The number of benzene rings is 2. The molecule has 1 saturated heterocycles. The van der Waals surface area contributed by atoms with E-state index in [4.69, 9.17) is 0 Å². The van der Waals surface area contributed by atoms with Gasteiger partial charge in [-0.1, -0.05) is 42.5 Å². The zero-order chi connectivity index (χ0) is 26.2. The van der Waals surface area contributed by atoms with Crippen LogP contribution in [0.1, 0.15) is 25.8 Å². The predicted molar refractivity (Wildman–Crippen MR) is 144 cm³/mol.